The van der Waals surface area contributed by atoms with Crippen molar-refractivity contribution in [3.8, 4) is 0 Å². The third-order valence-electron chi connectivity index (χ3n) is 2.82. The Morgan fingerprint density at radius 1 is 1.15 bits per heavy atom. The van der Waals surface area contributed by atoms with Crippen molar-refractivity contribution in [2.45, 2.75) is 25.9 Å². The van der Waals surface area contributed by atoms with E-state index in [1.165, 1.54) is 12.3 Å². The normalized spacial score (nSPS) is 12.7. The van der Waals surface area contributed by atoms with E-state index in [0.29, 0.717) is 15.7 Å². The van der Waals surface area contributed by atoms with Gasteiger partial charge in [0.25, 0.3) is 0 Å². The molecular formula is C15H15Cl2FN2. The molecule has 106 valence electrons. The fourth-order valence-electron chi connectivity index (χ4n) is 1.96. The van der Waals surface area contributed by atoms with Crippen LogP contribution >= 0.6 is 23.2 Å². The van der Waals surface area contributed by atoms with Crippen molar-refractivity contribution in [1.82, 2.24) is 10.3 Å². The second-order valence-electron chi connectivity index (χ2n) is 4.82. The zero-order chi connectivity index (χ0) is 14.7. The minimum atomic E-state index is -0.366. The molecule has 0 saturated heterocycles. The number of rotatable bonds is 4. The van der Waals surface area contributed by atoms with Gasteiger partial charge in [-0.1, -0.05) is 23.2 Å². The van der Waals surface area contributed by atoms with Crippen LogP contribution in [-0.4, -0.2) is 11.0 Å². The van der Waals surface area contributed by atoms with Crippen LogP contribution in [0.1, 0.15) is 31.1 Å². The molecule has 0 spiro atoms. The van der Waals surface area contributed by atoms with E-state index in [4.69, 9.17) is 23.2 Å². The van der Waals surface area contributed by atoms with Gasteiger partial charge in [-0.3, -0.25) is 4.98 Å². The average Bonchev–Trinajstić information content (AvgIpc) is 2.40. The predicted molar refractivity (Wildman–Crippen MR) is 80.8 cm³/mol. The summed E-state index contributed by atoms with van der Waals surface area (Å²) < 4.78 is 13.0. The standard InChI is InChI=1S/C15H15Cl2FN2/c1-9(2)20-15(14-6-4-11(18)8-19-14)12-7-10(16)3-5-13(12)17/h3-9,15,20H,1-2H3. The molecule has 1 aromatic heterocycles. The molecule has 2 nitrogen and oxygen atoms in total. The summed E-state index contributed by atoms with van der Waals surface area (Å²) in [5, 5.41) is 4.57. The predicted octanol–water partition coefficient (Wildman–Crippen LogP) is 4.61. The highest BCUT2D eigenvalue weighted by Gasteiger charge is 2.19. The van der Waals surface area contributed by atoms with Crippen molar-refractivity contribution in [3.63, 3.8) is 0 Å². The van der Waals surface area contributed by atoms with Crippen molar-refractivity contribution in [2.75, 3.05) is 0 Å². The summed E-state index contributed by atoms with van der Waals surface area (Å²) in [7, 11) is 0. The van der Waals surface area contributed by atoms with Crippen LogP contribution in [0.15, 0.2) is 36.5 Å². The number of nitrogens with zero attached hydrogens (tertiary/aromatic N) is 1. The first kappa shape index (κ1) is 15.2. The maximum Gasteiger partial charge on any atom is 0.141 e. The van der Waals surface area contributed by atoms with E-state index in [9.17, 15) is 4.39 Å². The summed E-state index contributed by atoms with van der Waals surface area (Å²) in [6.07, 6.45) is 1.20. The van der Waals surface area contributed by atoms with Crippen LogP contribution in [0.3, 0.4) is 0 Å². The second-order valence-corrected chi connectivity index (χ2v) is 5.67. The van der Waals surface area contributed by atoms with Gasteiger partial charge in [0.1, 0.15) is 5.82 Å². The number of benzene rings is 1. The van der Waals surface area contributed by atoms with Crippen molar-refractivity contribution in [2.24, 2.45) is 0 Å². The summed E-state index contributed by atoms with van der Waals surface area (Å²) in [5.74, 6) is -0.366. The number of halogens is 3. The van der Waals surface area contributed by atoms with E-state index in [0.717, 1.165) is 5.56 Å². The fourth-order valence-corrected chi connectivity index (χ4v) is 2.37. The molecule has 0 radical (unpaired) electrons. The Kier molecular flexibility index (Phi) is 4.97. The van der Waals surface area contributed by atoms with Crippen molar-refractivity contribution in [3.05, 3.63) is 63.6 Å². The van der Waals surface area contributed by atoms with Crippen molar-refractivity contribution < 1.29 is 4.39 Å². The van der Waals surface area contributed by atoms with Crippen LogP contribution < -0.4 is 5.32 Å². The Bertz CT molecular complexity index is 585. The molecular weight excluding hydrogens is 298 g/mol. The van der Waals surface area contributed by atoms with E-state index in [2.05, 4.69) is 10.3 Å². The fraction of sp³-hybridized carbons (Fsp3) is 0.267. The number of hydrogen-bond donors (Lipinski definition) is 1. The molecule has 2 rings (SSSR count). The van der Waals surface area contributed by atoms with Crippen LogP contribution in [-0.2, 0) is 0 Å². The molecule has 0 aliphatic carbocycles. The quantitative estimate of drug-likeness (QED) is 0.891. The minimum Gasteiger partial charge on any atom is -0.303 e. The molecule has 0 aliphatic rings. The molecule has 5 heteroatoms. The van der Waals surface area contributed by atoms with Crippen LogP contribution in [0.5, 0.6) is 0 Å². The van der Waals surface area contributed by atoms with Crippen molar-refractivity contribution in [1.29, 1.82) is 0 Å². The van der Waals surface area contributed by atoms with Gasteiger partial charge < -0.3 is 5.32 Å². The van der Waals surface area contributed by atoms with Gasteiger partial charge >= 0.3 is 0 Å². The maximum atomic E-state index is 13.0. The van der Waals surface area contributed by atoms with Crippen LogP contribution in [0, 0.1) is 5.82 Å². The highest BCUT2D eigenvalue weighted by molar-refractivity contribution is 6.33. The third-order valence-corrected chi connectivity index (χ3v) is 3.39. The molecule has 0 bridgehead atoms. The van der Waals surface area contributed by atoms with Gasteiger partial charge in [0.15, 0.2) is 0 Å². The van der Waals surface area contributed by atoms with Crippen LogP contribution in [0.25, 0.3) is 0 Å². The lowest BCUT2D eigenvalue weighted by Crippen LogP contribution is -2.29. The average molecular weight is 313 g/mol. The van der Waals surface area contributed by atoms with E-state index in [1.54, 1.807) is 24.3 Å². The van der Waals surface area contributed by atoms with Gasteiger partial charge in [-0.15, -0.1) is 0 Å². The Labute approximate surface area is 127 Å². The number of pyridine rings is 1. The van der Waals surface area contributed by atoms with Gasteiger partial charge in [-0.05, 0) is 49.7 Å². The summed E-state index contributed by atoms with van der Waals surface area (Å²) >= 11 is 12.3. The lowest BCUT2D eigenvalue weighted by atomic mass is 10.0. The SMILES string of the molecule is CC(C)NC(c1ccc(F)cn1)c1cc(Cl)ccc1Cl. The van der Waals surface area contributed by atoms with Crippen LogP contribution in [0.4, 0.5) is 4.39 Å². The Hall–Kier alpha value is -1.16. The molecule has 1 unspecified atom stereocenters. The molecule has 1 heterocycles. The van der Waals surface area contributed by atoms with Gasteiger partial charge in [0.05, 0.1) is 17.9 Å². The number of aromatic nitrogens is 1. The minimum absolute atomic E-state index is 0.210. The summed E-state index contributed by atoms with van der Waals surface area (Å²) in [5.41, 5.74) is 1.52. The molecule has 0 saturated carbocycles. The van der Waals surface area contributed by atoms with Gasteiger partial charge in [0, 0.05) is 16.1 Å². The first-order valence-electron chi connectivity index (χ1n) is 6.30. The van der Waals surface area contributed by atoms with E-state index in [-0.39, 0.29) is 17.9 Å². The Balaban J connectivity index is 2.46. The lowest BCUT2D eigenvalue weighted by molar-refractivity contribution is 0.517. The topological polar surface area (TPSA) is 24.9 Å². The van der Waals surface area contributed by atoms with E-state index < -0.39 is 0 Å². The molecule has 2 aromatic rings. The number of nitrogens with one attached hydrogen (secondary N) is 1. The van der Waals surface area contributed by atoms with Crippen LogP contribution in [0.2, 0.25) is 10.0 Å². The Morgan fingerprint density at radius 2 is 1.90 bits per heavy atom. The zero-order valence-corrected chi connectivity index (χ0v) is 12.7. The summed E-state index contributed by atoms with van der Waals surface area (Å²) in [4.78, 5) is 4.14. The van der Waals surface area contributed by atoms with Gasteiger partial charge in [-0.25, -0.2) is 4.39 Å². The molecule has 1 aromatic carbocycles. The zero-order valence-electron chi connectivity index (χ0n) is 11.2. The molecule has 20 heavy (non-hydrogen) atoms. The van der Waals surface area contributed by atoms with E-state index >= 15 is 0 Å². The van der Waals surface area contributed by atoms with E-state index in [1.807, 2.05) is 13.8 Å². The molecule has 1 N–H and O–H groups in total. The highest BCUT2D eigenvalue weighted by Crippen LogP contribution is 2.30. The molecule has 0 amide bonds. The number of hydrogen-bond acceptors (Lipinski definition) is 2. The molecule has 0 fully saturated rings. The monoisotopic (exact) mass is 312 g/mol. The van der Waals surface area contributed by atoms with Gasteiger partial charge in [0.2, 0.25) is 0 Å². The highest BCUT2D eigenvalue weighted by atomic mass is 35.5. The summed E-state index contributed by atoms with van der Waals surface area (Å²) in [6.45, 7) is 4.05. The third kappa shape index (κ3) is 3.69. The summed E-state index contributed by atoms with van der Waals surface area (Å²) in [6, 6.07) is 8.29. The van der Waals surface area contributed by atoms with Crippen molar-refractivity contribution >= 4 is 23.2 Å². The first-order chi connectivity index (χ1) is 9.47. The second kappa shape index (κ2) is 6.53. The lowest BCUT2D eigenvalue weighted by Gasteiger charge is -2.22. The largest absolute Gasteiger partial charge is 0.303 e. The molecule has 0 aliphatic heterocycles. The molecule has 1 atom stereocenters. The van der Waals surface area contributed by atoms with Gasteiger partial charge in [-0.2, -0.15) is 0 Å². The smallest absolute Gasteiger partial charge is 0.141 e. The maximum absolute atomic E-state index is 13.0. The Morgan fingerprint density at radius 3 is 2.50 bits per heavy atom. The first-order valence-corrected chi connectivity index (χ1v) is 7.05.